The number of carbonyl (C=O) groups is 2. The maximum Gasteiger partial charge on any atom is 0.407 e. The van der Waals surface area contributed by atoms with Crippen LogP contribution in [0.4, 0.5) is 4.79 Å². The molecule has 0 unspecified atom stereocenters. The van der Waals surface area contributed by atoms with Gasteiger partial charge in [0.2, 0.25) is 3.79 Å². The molecule has 0 heterocycles. The Morgan fingerprint density at radius 1 is 0.870 bits per heavy atom. The van der Waals surface area contributed by atoms with Crippen molar-refractivity contribution in [3.8, 4) is 0 Å². The Labute approximate surface area is 153 Å². The summed E-state index contributed by atoms with van der Waals surface area (Å²) in [4.78, 5) is 21.6. The molecule has 5 nitrogen and oxygen atoms in total. The third kappa shape index (κ3) is 19.6. The van der Waals surface area contributed by atoms with Crippen LogP contribution in [0.3, 0.4) is 0 Å². The molecule has 2 N–H and O–H groups in total. The van der Waals surface area contributed by atoms with Crippen LogP contribution in [0, 0.1) is 0 Å². The van der Waals surface area contributed by atoms with Crippen LogP contribution in [-0.2, 0) is 9.53 Å². The predicted molar refractivity (Wildman–Crippen MR) is 93.4 cm³/mol. The molecule has 0 aromatic carbocycles. The molecule has 0 bridgehead atoms. The third-order valence-electron chi connectivity index (χ3n) is 3.20. The van der Waals surface area contributed by atoms with E-state index in [0.29, 0.717) is 6.54 Å². The maximum atomic E-state index is 11.2. The van der Waals surface area contributed by atoms with Gasteiger partial charge < -0.3 is 15.2 Å². The standard InChI is InChI=1S/C15H26Cl3NO4/c16-15(17,18)12-23-14(22)19-11-9-7-5-3-1-2-4-6-8-10-13(20)21/h1-12H2,(H,19,22)(H,20,21). The second-order valence-electron chi connectivity index (χ2n) is 5.44. The van der Waals surface area contributed by atoms with E-state index in [1.54, 1.807) is 0 Å². The summed E-state index contributed by atoms with van der Waals surface area (Å²) in [5.41, 5.74) is 0. The van der Waals surface area contributed by atoms with Gasteiger partial charge in [-0.2, -0.15) is 0 Å². The van der Waals surface area contributed by atoms with E-state index in [1.807, 2.05) is 0 Å². The highest BCUT2D eigenvalue weighted by Gasteiger charge is 2.21. The highest BCUT2D eigenvalue weighted by Crippen LogP contribution is 2.25. The number of alkyl carbamates (subject to hydrolysis) is 1. The van der Waals surface area contributed by atoms with Gasteiger partial charge in [-0.25, -0.2) is 4.79 Å². The van der Waals surface area contributed by atoms with E-state index in [4.69, 9.17) is 44.6 Å². The number of carboxylic acid groups (broad SMARTS) is 1. The minimum absolute atomic E-state index is 0.268. The van der Waals surface area contributed by atoms with Gasteiger partial charge in [0.05, 0.1) is 0 Å². The smallest absolute Gasteiger partial charge is 0.407 e. The number of nitrogens with one attached hydrogen (secondary N) is 1. The van der Waals surface area contributed by atoms with Crippen molar-refractivity contribution < 1.29 is 19.4 Å². The molecule has 0 atom stereocenters. The fourth-order valence-corrected chi connectivity index (χ4v) is 2.19. The van der Waals surface area contributed by atoms with Crippen LogP contribution in [0.25, 0.3) is 0 Å². The molecule has 8 heteroatoms. The first-order valence-corrected chi connectivity index (χ1v) is 9.14. The Morgan fingerprint density at radius 3 is 1.83 bits per heavy atom. The minimum atomic E-state index is -1.58. The van der Waals surface area contributed by atoms with E-state index in [1.165, 1.54) is 6.42 Å². The van der Waals surface area contributed by atoms with E-state index in [2.05, 4.69) is 5.32 Å². The normalized spacial score (nSPS) is 11.3. The Bertz CT molecular complexity index is 335. The van der Waals surface area contributed by atoms with Crippen LogP contribution in [-0.4, -0.2) is 34.1 Å². The molecule has 0 aliphatic rings. The molecule has 0 saturated heterocycles. The van der Waals surface area contributed by atoms with Crippen LogP contribution in [0.1, 0.15) is 64.2 Å². The predicted octanol–water partition coefficient (Wildman–Crippen LogP) is 5.07. The van der Waals surface area contributed by atoms with Crippen molar-refractivity contribution in [3.63, 3.8) is 0 Å². The second-order valence-corrected chi connectivity index (χ2v) is 7.96. The number of amides is 1. The van der Waals surface area contributed by atoms with E-state index in [-0.39, 0.29) is 13.0 Å². The van der Waals surface area contributed by atoms with Crippen molar-refractivity contribution in [3.05, 3.63) is 0 Å². The Morgan fingerprint density at radius 2 is 1.35 bits per heavy atom. The Balaban J connectivity index is 3.21. The first-order chi connectivity index (χ1) is 10.8. The zero-order valence-corrected chi connectivity index (χ0v) is 15.6. The molecule has 0 aromatic rings. The van der Waals surface area contributed by atoms with Gasteiger partial charge in [0.15, 0.2) is 0 Å². The Kier molecular flexibility index (Phi) is 13.8. The summed E-state index contributed by atoms with van der Waals surface area (Å²) in [5, 5.41) is 11.1. The van der Waals surface area contributed by atoms with Crippen LogP contribution >= 0.6 is 34.8 Å². The molecule has 0 spiro atoms. The lowest BCUT2D eigenvalue weighted by atomic mass is 10.1. The van der Waals surface area contributed by atoms with Gasteiger partial charge >= 0.3 is 12.1 Å². The number of aliphatic carboxylic acids is 1. The molecule has 0 aliphatic carbocycles. The fraction of sp³-hybridized carbons (Fsp3) is 0.867. The summed E-state index contributed by atoms with van der Waals surface area (Å²) in [5.74, 6) is -0.713. The molecule has 0 saturated carbocycles. The van der Waals surface area contributed by atoms with Gasteiger partial charge in [0.25, 0.3) is 0 Å². The second kappa shape index (κ2) is 14.0. The molecule has 0 aliphatic heterocycles. The lowest BCUT2D eigenvalue weighted by Crippen LogP contribution is -2.28. The molecule has 0 rings (SSSR count). The maximum absolute atomic E-state index is 11.2. The van der Waals surface area contributed by atoms with Crippen molar-refractivity contribution in [1.29, 1.82) is 0 Å². The topological polar surface area (TPSA) is 75.6 Å². The zero-order valence-electron chi connectivity index (χ0n) is 13.3. The first kappa shape index (κ1) is 22.6. The molecular formula is C15H26Cl3NO4. The highest BCUT2D eigenvalue weighted by atomic mass is 35.6. The monoisotopic (exact) mass is 389 g/mol. The van der Waals surface area contributed by atoms with Crippen molar-refractivity contribution >= 4 is 46.9 Å². The first-order valence-electron chi connectivity index (χ1n) is 8.00. The van der Waals surface area contributed by atoms with Crippen LogP contribution in [0.5, 0.6) is 0 Å². The average molecular weight is 391 g/mol. The largest absolute Gasteiger partial charge is 0.481 e. The van der Waals surface area contributed by atoms with E-state index >= 15 is 0 Å². The number of unbranched alkanes of at least 4 members (excludes halogenated alkanes) is 8. The number of rotatable bonds is 13. The van der Waals surface area contributed by atoms with Crippen molar-refractivity contribution in [2.75, 3.05) is 13.2 Å². The molecule has 0 aromatic heterocycles. The average Bonchev–Trinajstić information content (AvgIpc) is 2.45. The summed E-state index contributed by atoms with van der Waals surface area (Å²) in [6.07, 6.45) is 9.12. The van der Waals surface area contributed by atoms with E-state index in [9.17, 15) is 9.59 Å². The van der Waals surface area contributed by atoms with Gasteiger partial charge in [-0.05, 0) is 12.8 Å². The summed E-state index contributed by atoms with van der Waals surface area (Å²) in [6.45, 7) is 0.282. The van der Waals surface area contributed by atoms with Gasteiger partial charge in [-0.3, -0.25) is 4.79 Å². The number of carboxylic acids is 1. The lowest BCUT2D eigenvalue weighted by Gasteiger charge is -2.11. The summed E-state index contributed by atoms with van der Waals surface area (Å²) in [7, 11) is 0. The lowest BCUT2D eigenvalue weighted by molar-refractivity contribution is -0.137. The summed E-state index contributed by atoms with van der Waals surface area (Å²) >= 11 is 16.4. The van der Waals surface area contributed by atoms with Crippen LogP contribution in [0.15, 0.2) is 0 Å². The zero-order chi connectivity index (χ0) is 17.6. The van der Waals surface area contributed by atoms with Gasteiger partial charge in [0, 0.05) is 13.0 Å². The summed E-state index contributed by atoms with van der Waals surface area (Å²) in [6, 6.07) is 0. The molecule has 0 radical (unpaired) electrons. The van der Waals surface area contributed by atoms with Gasteiger partial charge in [0.1, 0.15) is 6.61 Å². The molecule has 1 amide bonds. The molecular weight excluding hydrogens is 365 g/mol. The number of hydrogen-bond acceptors (Lipinski definition) is 3. The fourth-order valence-electron chi connectivity index (χ4n) is 2.03. The number of ether oxygens (including phenoxy) is 1. The molecule has 0 fully saturated rings. The quantitative estimate of drug-likeness (QED) is 0.340. The SMILES string of the molecule is O=C(O)CCCCCCCCCCCNC(=O)OCC(Cl)(Cl)Cl. The van der Waals surface area contributed by atoms with E-state index < -0.39 is 15.9 Å². The highest BCUT2D eigenvalue weighted by molar-refractivity contribution is 6.67. The van der Waals surface area contributed by atoms with Gasteiger partial charge in [-0.15, -0.1) is 0 Å². The van der Waals surface area contributed by atoms with Crippen LogP contribution < -0.4 is 5.32 Å². The number of hydrogen-bond donors (Lipinski definition) is 2. The van der Waals surface area contributed by atoms with Crippen LogP contribution in [0.2, 0.25) is 0 Å². The van der Waals surface area contributed by atoms with Crippen molar-refractivity contribution in [2.45, 2.75) is 68.0 Å². The third-order valence-corrected chi connectivity index (χ3v) is 3.53. The molecule has 136 valence electrons. The van der Waals surface area contributed by atoms with Gasteiger partial charge in [-0.1, -0.05) is 79.7 Å². The van der Waals surface area contributed by atoms with E-state index in [0.717, 1.165) is 51.4 Å². The summed E-state index contributed by atoms with van der Waals surface area (Å²) < 4.78 is 3.15. The van der Waals surface area contributed by atoms with Crippen molar-refractivity contribution in [1.82, 2.24) is 5.32 Å². The van der Waals surface area contributed by atoms with Crippen molar-refractivity contribution in [2.24, 2.45) is 0 Å². The molecule has 23 heavy (non-hydrogen) atoms. The number of alkyl halides is 3. The number of halogens is 3. The Hall–Kier alpha value is -0.390. The number of carbonyl (C=O) groups excluding carboxylic acids is 1. The minimum Gasteiger partial charge on any atom is -0.481 e.